The van der Waals surface area contributed by atoms with Crippen LogP contribution in [-0.2, 0) is 10.3 Å². The molecule has 0 heterocycles. The summed E-state index contributed by atoms with van der Waals surface area (Å²) in [5.74, 6) is -0.674. The lowest BCUT2D eigenvalue weighted by molar-refractivity contribution is 0.484. The monoisotopic (exact) mass is 205 g/mol. The second kappa shape index (κ2) is 3.31. The molecule has 1 rings (SSSR count). The Hall–Kier alpha value is -1.14. The minimum atomic E-state index is -4.07. The molecule has 1 aromatic carbocycles. The molecule has 0 unspecified atom stereocenters. The van der Waals surface area contributed by atoms with E-state index in [-0.39, 0.29) is 5.75 Å². The second-order valence-corrected chi connectivity index (χ2v) is 3.64. The molecule has 0 aliphatic carbocycles. The average molecular weight is 205 g/mol. The van der Waals surface area contributed by atoms with E-state index in [2.05, 4.69) is 9.32 Å². The summed E-state index contributed by atoms with van der Waals surface area (Å²) in [5, 5.41) is 4.58. The highest BCUT2D eigenvalue weighted by atomic mass is 32.2. The lowest BCUT2D eigenvalue weighted by atomic mass is 10.2. The van der Waals surface area contributed by atoms with E-state index in [9.17, 15) is 12.8 Å². The van der Waals surface area contributed by atoms with Gasteiger partial charge in [0.05, 0.1) is 0 Å². The summed E-state index contributed by atoms with van der Waals surface area (Å²) >= 11 is 0. The van der Waals surface area contributed by atoms with Crippen LogP contribution < -0.4 is 9.32 Å². The summed E-state index contributed by atoms with van der Waals surface area (Å²) in [4.78, 5) is 0. The largest absolute Gasteiger partial charge is 0.380 e. The Kier molecular flexibility index (Phi) is 2.53. The number of halogens is 1. The Balaban J connectivity index is 2.99. The minimum absolute atomic E-state index is 0.134. The van der Waals surface area contributed by atoms with Crippen LogP contribution in [0.2, 0.25) is 0 Å². The third-order valence-electron chi connectivity index (χ3n) is 1.36. The van der Waals surface area contributed by atoms with Gasteiger partial charge in [-0.3, -0.25) is 0 Å². The molecular weight excluding hydrogens is 197 g/mol. The summed E-state index contributed by atoms with van der Waals surface area (Å²) in [7, 11) is -4.07. The van der Waals surface area contributed by atoms with Gasteiger partial charge in [-0.1, -0.05) is 6.07 Å². The molecule has 0 fully saturated rings. The van der Waals surface area contributed by atoms with E-state index in [1.165, 1.54) is 12.1 Å². The zero-order valence-electron chi connectivity index (χ0n) is 6.82. The molecule has 0 atom stereocenters. The van der Waals surface area contributed by atoms with E-state index in [4.69, 9.17) is 0 Å². The van der Waals surface area contributed by atoms with Gasteiger partial charge in [-0.25, -0.2) is 4.39 Å². The van der Waals surface area contributed by atoms with Crippen molar-refractivity contribution in [3.63, 3.8) is 0 Å². The van der Waals surface area contributed by atoms with Gasteiger partial charge in [0, 0.05) is 6.07 Å². The van der Waals surface area contributed by atoms with E-state index in [0.717, 1.165) is 6.07 Å². The molecule has 0 aliphatic rings. The summed E-state index contributed by atoms with van der Waals surface area (Å²) in [6.07, 6.45) is 0. The number of hydrogen-bond acceptors (Lipinski definition) is 3. The molecule has 4 nitrogen and oxygen atoms in total. The topological polar surface area (TPSA) is 69.4 Å². The standard InChI is InChI=1S/C7H8FNO3S/c1-5-2-3-6(4-7(5)8)12-13(9,10)11/h2-4H,1H3,(H2,9,10,11). The first-order valence-electron chi connectivity index (χ1n) is 3.37. The van der Waals surface area contributed by atoms with E-state index >= 15 is 0 Å². The summed E-state index contributed by atoms with van der Waals surface area (Å²) in [6, 6.07) is 3.68. The van der Waals surface area contributed by atoms with Crippen LogP contribution in [0.25, 0.3) is 0 Å². The Bertz CT molecular complexity index is 416. The zero-order chi connectivity index (χ0) is 10.1. The number of hydrogen-bond donors (Lipinski definition) is 1. The molecule has 0 aliphatic heterocycles. The number of benzene rings is 1. The first kappa shape index (κ1) is 9.94. The Morgan fingerprint density at radius 3 is 2.54 bits per heavy atom. The fourth-order valence-corrected chi connectivity index (χ4v) is 1.13. The highest BCUT2D eigenvalue weighted by Gasteiger charge is 2.06. The van der Waals surface area contributed by atoms with Gasteiger partial charge in [0.25, 0.3) is 0 Å². The van der Waals surface area contributed by atoms with Crippen molar-refractivity contribution in [2.45, 2.75) is 6.92 Å². The molecule has 13 heavy (non-hydrogen) atoms. The van der Waals surface area contributed by atoms with Crippen LogP contribution in [0.4, 0.5) is 4.39 Å². The van der Waals surface area contributed by atoms with Gasteiger partial charge >= 0.3 is 10.3 Å². The fourth-order valence-electron chi connectivity index (χ4n) is 0.760. The van der Waals surface area contributed by atoms with Crippen molar-refractivity contribution >= 4 is 10.3 Å². The van der Waals surface area contributed by atoms with Crippen LogP contribution in [0.15, 0.2) is 18.2 Å². The predicted octanol–water partition coefficient (Wildman–Crippen LogP) is 0.716. The van der Waals surface area contributed by atoms with Gasteiger partial charge in [-0.05, 0) is 18.6 Å². The van der Waals surface area contributed by atoms with Crippen LogP contribution in [0.3, 0.4) is 0 Å². The number of rotatable bonds is 2. The lowest BCUT2D eigenvalue weighted by Crippen LogP contribution is -2.19. The van der Waals surface area contributed by atoms with Crippen molar-refractivity contribution in [2.24, 2.45) is 5.14 Å². The van der Waals surface area contributed by atoms with Crippen molar-refractivity contribution in [1.29, 1.82) is 0 Å². The number of aryl methyl sites for hydroxylation is 1. The maximum atomic E-state index is 12.8. The van der Waals surface area contributed by atoms with Gasteiger partial charge < -0.3 is 4.18 Å². The minimum Gasteiger partial charge on any atom is -0.371 e. The second-order valence-electron chi connectivity index (χ2n) is 2.49. The third-order valence-corrected chi connectivity index (χ3v) is 1.78. The van der Waals surface area contributed by atoms with Crippen LogP contribution in [0.1, 0.15) is 5.56 Å². The highest BCUT2D eigenvalue weighted by molar-refractivity contribution is 7.84. The molecule has 0 saturated carbocycles. The first-order chi connectivity index (χ1) is 5.88. The summed E-state index contributed by atoms with van der Waals surface area (Å²) in [6.45, 7) is 1.55. The number of nitrogens with two attached hydrogens (primary N) is 1. The first-order valence-corrected chi connectivity index (χ1v) is 4.84. The molecule has 0 aromatic heterocycles. The normalized spacial score (nSPS) is 11.3. The van der Waals surface area contributed by atoms with Crippen LogP contribution in [0, 0.1) is 12.7 Å². The average Bonchev–Trinajstić information content (AvgIpc) is 1.94. The lowest BCUT2D eigenvalue weighted by Gasteiger charge is -2.02. The Labute approximate surface area is 75.4 Å². The van der Waals surface area contributed by atoms with Crippen LogP contribution >= 0.6 is 0 Å². The molecule has 0 saturated heterocycles. The van der Waals surface area contributed by atoms with E-state index in [1.807, 2.05) is 0 Å². The fraction of sp³-hybridized carbons (Fsp3) is 0.143. The van der Waals surface area contributed by atoms with E-state index < -0.39 is 16.1 Å². The smallest absolute Gasteiger partial charge is 0.371 e. The van der Waals surface area contributed by atoms with Crippen molar-refractivity contribution in [3.05, 3.63) is 29.6 Å². The van der Waals surface area contributed by atoms with Gasteiger partial charge in [-0.15, -0.1) is 0 Å². The quantitative estimate of drug-likeness (QED) is 0.773. The SMILES string of the molecule is Cc1ccc(OS(N)(=O)=O)cc1F. The van der Waals surface area contributed by atoms with Crippen molar-refractivity contribution in [3.8, 4) is 5.75 Å². The van der Waals surface area contributed by atoms with Crippen LogP contribution in [-0.4, -0.2) is 8.42 Å². The molecule has 0 bridgehead atoms. The third kappa shape index (κ3) is 3.00. The van der Waals surface area contributed by atoms with E-state index in [1.54, 1.807) is 6.92 Å². The molecule has 6 heteroatoms. The molecule has 0 radical (unpaired) electrons. The molecule has 1 aromatic rings. The molecule has 2 N–H and O–H groups in total. The van der Waals surface area contributed by atoms with Crippen LogP contribution in [0.5, 0.6) is 5.75 Å². The maximum absolute atomic E-state index is 12.8. The molecule has 0 spiro atoms. The van der Waals surface area contributed by atoms with Crippen molar-refractivity contribution in [1.82, 2.24) is 0 Å². The Morgan fingerprint density at radius 2 is 2.08 bits per heavy atom. The highest BCUT2D eigenvalue weighted by Crippen LogP contribution is 2.16. The van der Waals surface area contributed by atoms with Gasteiger partial charge in [0.2, 0.25) is 0 Å². The molecule has 0 amide bonds. The zero-order valence-corrected chi connectivity index (χ0v) is 7.64. The molecular formula is C7H8FNO3S. The van der Waals surface area contributed by atoms with Gasteiger partial charge in [0.15, 0.2) is 0 Å². The summed E-state index contributed by atoms with van der Waals surface area (Å²) < 4.78 is 37.9. The van der Waals surface area contributed by atoms with E-state index in [0.29, 0.717) is 5.56 Å². The summed E-state index contributed by atoms with van der Waals surface area (Å²) in [5.41, 5.74) is 0.404. The maximum Gasteiger partial charge on any atom is 0.380 e. The van der Waals surface area contributed by atoms with Gasteiger partial charge in [-0.2, -0.15) is 13.6 Å². The molecule has 72 valence electrons. The van der Waals surface area contributed by atoms with Crippen molar-refractivity contribution < 1.29 is 17.0 Å². The van der Waals surface area contributed by atoms with Crippen molar-refractivity contribution in [2.75, 3.05) is 0 Å². The predicted molar refractivity (Wildman–Crippen MR) is 44.9 cm³/mol. The van der Waals surface area contributed by atoms with Gasteiger partial charge in [0.1, 0.15) is 11.6 Å². The Morgan fingerprint density at radius 1 is 1.46 bits per heavy atom.